The van der Waals surface area contributed by atoms with E-state index >= 15 is 0 Å². The molecular formula is C40H27N3. The summed E-state index contributed by atoms with van der Waals surface area (Å²) in [7, 11) is 0. The van der Waals surface area contributed by atoms with Crippen LogP contribution in [0.25, 0.3) is 72.5 Å². The summed E-state index contributed by atoms with van der Waals surface area (Å²) in [4.78, 5) is 10.2. The molecule has 6 aromatic carbocycles. The topological polar surface area (TPSA) is 30.7 Å². The maximum Gasteiger partial charge on any atom is 0.145 e. The Bertz CT molecular complexity index is 2160. The van der Waals surface area contributed by atoms with E-state index in [4.69, 9.17) is 9.97 Å². The van der Waals surface area contributed by atoms with Gasteiger partial charge in [0, 0.05) is 22.4 Å². The van der Waals surface area contributed by atoms with Crippen molar-refractivity contribution in [3.63, 3.8) is 0 Å². The van der Waals surface area contributed by atoms with Gasteiger partial charge in [-0.05, 0) is 64.4 Å². The fourth-order valence-corrected chi connectivity index (χ4v) is 5.82. The van der Waals surface area contributed by atoms with E-state index in [0.717, 1.165) is 56.2 Å². The quantitative estimate of drug-likeness (QED) is 0.214. The zero-order valence-electron chi connectivity index (χ0n) is 23.4. The predicted octanol–water partition coefficient (Wildman–Crippen LogP) is 10.2. The summed E-state index contributed by atoms with van der Waals surface area (Å²) in [6.45, 7) is 0. The lowest BCUT2D eigenvalue weighted by atomic mass is 10.00. The van der Waals surface area contributed by atoms with Crippen molar-refractivity contribution < 1.29 is 0 Å². The van der Waals surface area contributed by atoms with Crippen LogP contribution in [0.5, 0.6) is 0 Å². The summed E-state index contributed by atoms with van der Waals surface area (Å²) < 4.78 is 2.26. The van der Waals surface area contributed by atoms with Crippen molar-refractivity contribution in [1.29, 1.82) is 0 Å². The second kappa shape index (κ2) is 10.6. The van der Waals surface area contributed by atoms with Gasteiger partial charge >= 0.3 is 0 Å². The Kier molecular flexibility index (Phi) is 6.12. The molecule has 0 unspecified atom stereocenters. The van der Waals surface area contributed by atoms with E-state index in [-0.39, 0.29) is 0 Å². The van der Waals surface area contributed by atoms with Crippen LogP contribution in [0.15, 0.2) is 164 Å². The first kappa shape index (κ1) is 25.0. The van der Waals surface area contributed by atoms with Crippen molar-refractivity contribution in [1.82, 2.24) is 14.5 Å². The Hall–Kier alpha value is -5.80. The monoisotopic (exact) mass is 549 g/mol. The van der Waals surface area contributed by atoms with Gasteiger partial charge in [-0.15, -0.1) is 0 Å². The number of hydrogen-bond acceptors (Lipinski definition) is 2. The zero-order chi connectivity index (χ0) is 28.6. The summed E-state index contributed by atoms with van der Waals surface area (Å²) in [6, 6.07) is 57.3. The lowest BCUT2D eigenvalue weighted by Gasteiger charge is -2.13. The molecule has 2 heterocycles. The molecule has 0 radical (unpaired) electrons. The molecule has 0 aliphatic rings. The third-order valence-corrected chi connectivity index (χ3v) is 7.99. The molecule has 0 saturated heterocycles. The maximum absolute atomic E-state index is 5.12. The van der Waals surface area contributed by atoms with Crippen molar-refractivity contribution in [2.24, 2.45) is 0 Å². The average Bonchev–Trinajstić information content (AvgIpc) is 3.48. The van der Waals surface area contributed by atoms with Crippen LogP contribution in [0.3, 0.4) is 0 Å². The van der Waals surface area contributed by atoms with Gasteiger partial charge in [0.15, 0.2) is 0 Å². The molecule has 2 aromatic heterocycles. The molecular weight excluding hydrogens is 522 g/mol. The standard InChI is InChI=1S/C40H27N3/c1-3-11-28(12-4-1)34-26-37(30-14-5-2-6-15-30)41-38(27-34)31-21-23-35(24-22-31)43-39-18-10-9-17-36(39)42-40(43)33-20-19-29-13-7-8-16-32(29)25-33/h1-27H. The Morgan fingerprint density at radius 2 is 0.953 bits per heavy atom. The highest BCUT2D eigenvalue weighted by Gasteiger charge is 2.15. The Morgan fingerprint density at radius 1 is 0.372 bits per heavy atom. The molecule has 0 aliphatic heterocycles. The normalized spacial score (nSPS) is 11.3. The fourth-order valence-electron chi connectivity index (χ4n) is 5.82. The van der Waals surface area contributed by atoms with E-state index in [9.17, 15) is 0 Å². The lowest BCUT2D eigenvalue weighted by Crippen LogP contribution is -1.98. The fraction of sp³-hybridized carbons (Fsp3) is 0. The van der Waals surface area contributed by atoms with Gasteiger partial charge in [-0.3, -0.25) is 4.57 Å². The minimum atomic E-state index is 0.926. The van der Waals surface area contributed by atoms with Crippen molar-refractivity contribution in [2.75, 3.05) is 0 Å². The molecule has 3 heteroatoms. The Balaban J connectivity index is 1.25. The largest absolute Gasteiger partial charge is 0.292 e. The molecule has 0 atom stereocenters. The SMILES string of the molecule is c1ccc(-c2cc(-c3ccccc3)nc(-c3ccc(-n4c(-c5ccc6ccccc6c5)nc5ccccc54)cc3)c2)cc1. The molecule has 0 bridgehead atoms. The van der Waals surface area contributed by atoms with Crippen LogP contribution >= 0.6 is 0 Å². The predicted molar refractivity (Wildman–Crippen MR) is 178 cm³/mol. The minimum absolute atomic E-state index is 0.926. The van der Waals surface area contributed by atoms with Gasteiger partial charge in [0.25, 0.3) is 0 Å². The van der Waals surface area contributed by atoms with Gasteiger partial charge in [-0.1, -0.05) is 121 Å². The molecule has 0 aliphatic carbocycles. The van der Waals surface area contributed by atoms with Crippen molar-refractivity contribution in [3.8, 4) is 50.7 Å². The van der Waals surface area contributed by atoms with Gasteiger partial charge in [0.2, 0.25) is 0 Å². The van der Waals surface area contributed by atoms with Crippen LogP contribution in [0, 0.1) is 0 Å². The van der Waals surface area contributed by atoms with E-state index in [1.807, 2.05) is 12.1 Å². The number of benzene rings is 6. The van der Waals surface area contributed by atoms with E-state index < -0.39 is 0 Å². The number of para-hydroxylation sites is 2. The van der Waals surface area contributed by atoms with Crippen LogP contribution in [-0.4, -0.2) is 14.5 Å². The Morgan fingerprint density at radius 3 is 1.70 bits per heavy atom. The van der Waals surface area contributed by atoms with E-state index in [1.165, 1.54) is 16.3 Å². The summed E-state index contributed by atoms with van der Waals surface area (Å²) >= 11 is 0. The molecule has 3 nitrogen and oxygen atoms in total. The van der Waals surface area contributed by atoms with Crippen LogP contribution in [0.2, 0.25) is 0 Å². The number of aromatic nitrogens is 3. The number of hydrogen-bond donors (Lipinski definition) is 0. The number of imidazole rings is 1. The zero-order valence-corrected chi connectivity index (χ0v) is 23.4. The third kappa shape index (κ3) is 4.67. The summed E-state index contributed by atoms with van der Waals surface area (Å²) in [6.07, 6.45) is 0. The van der Waals surface area contributed by atoms with Crippen LogP contribution in [-0.2, 0) is 0 Å². The highest BCUT2D eigenvalue weighted by atomic mass is 15.1. The first-order chi connectivity index (χ1) is 21.3. The maximum atomic E-state index is 5.12. The number of nitrogens with zero attached hydrogens (tertiary/aromatic N) is 3. The highest BCUT2D eigenvalue weighted by molar-refractivity contribution is 5.89. The minimum Gasteiger partial charge on any atom is -0.292 e. The smallest absolute Gasteiger partial charge is 0.145 e. The lowest BCUT2D eigenvalue weighted by molar-refractivity contribution is 1.10. The molecule has 0 saturated carbocycles. The van der Waals surface area contributed by atoms with Gasteiger partial charge in [0.1, 0.15) is 5.82 Å². The van der Waals surface area contributed by atoms with Crippen molar-refractivity contribution in [2.45, 2.75) is 0 Å². The van der Waals surface area contributed by atoms with E-state index in [1.54, 1.807) is 0 Å². The molecule has 0 spiro atoms. The van der Waals surface area contributed by atoms with Crippen molar-refractivity contribution in [3.05, 3.63) is 164 Å². The first-order valence-electron chi connectivity index (χ1n) is 14.5. The number of pyridine rings is 1. The van der Waals surface area contributed by atoms with Gasteiger partial charge in [0.05, 0.1) is 22.4 Å². The molecule has 0 amide bonds. The average molecular weight is 550 g/mol. The molecule has 0 N–H and O–H groups in total. The van der Waals surface area contributed by atoms with Crippen LogP contribution in [0.4, 0.5) is 0 Å². The second-order valence-corrected chi connectivity index (χ2v) is 10.7. The van der Waals surface area contributed by atoms with Crippen molar-refractivity contribution >= 4 is 21.8 Å². The third-order valence-electron chi connectivity index (χ3n) is 7.99. The van der Waals surface area contributed by atoms with Crippen LogP contribution < -0.4 is 0 Å². The summed E-state index contributed by atoms with van der Waals surface area (Å²) in [5, 5.41) is 2.42. The molecule has 202 valence electrons. The summed E-state index contributed by atoms with van der Waals surface area (Å²) in [5.41, 5.74) is 10.6. The number of fused-ring (bicyclic) bond motifs is 2. The second-order valence-electron chi connectivity index (χ2n) is 10.7. The Labute approximate surface area is 250 Å². The van der Waals surface area contributed by atoms with Gasteiger partial charge in [-0.25, -0.2) is 9.97 Å². The molecule has 43 heavy (non-hydrogen) atoms. The van der Waals surface area contributed by atoms with Crippen LogP contribution in [0.1, 0.15) is 0 Å². The number of rotatable bonds is 5. The van der Waals surface area contributed by atoms with Gasteiger partial charge < -0.3 is 0 Å². The van der Waals surface area contributed by atoms with E-state index in [2.05, 4.69) is 156 Å². The van der Waals surface area contributed by atoms with E-state index in [0.29, 0.717) is 0 Å². The highest BCUT2D eigenvalue weighted by Crippen LogP contribution is 2.33. The molecule has 8 aromatic rings. The molecule has 8 rings (SSSR count). The molecule has 0 fully saturated rings. The summed E-state index contributed by atoms with van der Waals surface area (Å²) in [5.74, 6) is 0.926. The van der Waals surface area contributed by atoms with Gasteiger partial charge in [-0.2, -0.15) is 0 Å². The first-order valence-corrected chi connectivity index (χ1v) is 14.5.